The van der Waals surface area contributed by atoms with Gasteiger partial charge in [-0.1, -0.05) is 28.1 Å². The maximum atomic E-state index is 5.96. The minimum absolute atomic E-state index is 0.620. The molecule has 2 N–H and O–H groups in total. The van der Waals surface area contributed by atoms with Gasteiger partial charge in [0.25, 0.3) is 0 Å². The van der Waals surface area contributed by atoms with Crippen molar-refractivity contribution >= 4 is 32.5 Å². The van der Waals surface area contributed by atoms with Crippen LogP contribution in [0.15, 0.2) is 59.2 Å². The number of aromatic nitrogens is 1. The predicted octanol–water partition coefficient (Wildman–Crippen LogP) is 4.07. The Balaban J connectivity index is 1.70. The molecule has 1 aromatic heterocycles. The molecule has 4 heteroatoms. The zero-order chi connectivity index (χ0) is 13.9. The van der Waals surface area contributed by atoms with E-state index in [2.05, 4.69) is 26.6 Å². The highest BCUT2D eigenvalue weighted by molar-refractivity contribution is 9.10. The maximum Gasteiger partial charge on any atom is 0.120 e. The van der Waals surface area contributed by atoms with Crippen LogP contribution in [0, 0.1) is 0 Å². The van der Waals surface area contributed by atoms with E-state index < -0.39 is 0 Å². The summed E-state index contributed by atoms with van der Waals surface area (Å²) in [5.41, 5.74) is 7.91. The monoisotopic (exact) mass is 330 g/mol. The molecule has 0 aliphatic rings. The van der Waals surface area contributed by atoms with Crippen LogP contribution in [0.3, 0.4) is 0 Å². The smallest absolute Gasteiger partial charge is 0.120 e. The maximum absolute atomic E-state index is 5.96. The number of anilines is 1. The number of rotatable bonds is 4. The molecule has 0 aliphatic carbocycles. The quantitative estimate of drug-likeness (QED) is 0.732. The van der Waals surface area contributed by atoms with E-state index in [1.807, 2.05) is 48.7 Å². The van der Waals surface area contributed by atoms with Crippen molar-refractivity contribution in [2.75, 3.05) is 12.3 Å². The summed E-state index contributed by atoms with van der Waals surface area (Å²) >= 11 is 3.43. The summed E-state index contributed by atoms with van der Waals surface area (Å²) in [6.45, 7) is 1.41. The van der Waals surface area contributed by atoms with Crippen molar-refractivity contribution in [3.63, 3.8) is 0 Å². The molecule has 0 unspecified atom stereocenters. The van der Waals surface area contributed by atoms with Gasteiger partial charge in [0.1, 0.15) is 12.4 Å². The third-order valence-corrected chi connectivity index (χ3v) is 3.74. The van der Waals surface area contributed by atoms with Crippen molar-refractivity contribution in [1.82, 2.24) is 4.57 Å². The Bertz CT molecular complexity index is 736. The summed E-state index contributed by atoms with van der Waals surface area (Å²) in [7, 11) is 0. The molecule has 0 atom stereocenters. The lowest BCUT2D eigenvalue weighted by Crippen LogP contribution is -2.07. The lowest BCUT2D eigenvalue weighted by molar-refractivity contribution is 0.300. The summed E-state index contributed by atoms with van der Waals surface area (Å²) < 4.78 is 8.94. The molecule has 3 rings (SSSR count). The first-order chi connectivity index (χ1) is 9.74. The van der Waals surface area contributed by atoms with Gasteiger partial charge in [-0.05, 0) is 36.4 Å². The molecule has 0 fully saturated rings. The molecule has 3 nitrogen and oxygen atoms in total. The van der Waals surface area contributed by atoms with E-state index in [1.54, 1.807) is 0 Å². The lowest BCUT2D eigenvalue weighted by atomic mass is 10.2. The Labute approximate surface area is 126 Å². The van der Waals surface area contributed by atoms with Gasteiger partial charge in [0.05, 0.1) is 12.1 Å². The standard InChI is InChI=1S/C16H15BrN2O/c17-12-3-1-4-13(11-12)20-10-9-19-8-7-14-15(18)5-2-6-16(14)19/h1-8,11H,9-10,18H2. The number of benzene rings is 2. The fraction of sp³-hybridized carbons (Fsp3) is 0.125. The molecule has 0 radical (unpaired) electrons. The fourth-order valence-corrected chi connectivity index (χ4v) is 2.64. The molecule has 0 spiro atoms. The second-order valence-corrected chi connectivity index (χ2v) is 5.51. The minimum atomic E-state index is 0.620. The van der Waals surface area contributed by atoms with Crippen LogP contribution in [0.1, 0.15) is 0 Å². The van der Waals surface area contributed by atoms with Gasteiger partial charge in [-0.3, -0.25) is 0 Å². The van der Waals surface area contributed by atoms with Gasteiger partial charge in [0.15, 0.2) is 0 Å². The highest BCUT2D eigenvalue weighted by Gasteiger charge is 2.03. The number of hydrogen-bond donors (Lipinski definition) is 1. The van der Waals surface area contributed by atoms with Gasteiger partial charge in [-0.2, -0.15) is 0 Å². The molecular weight excluding hydrogens is 316 g/mol. The van der Waals surface area contributed by atoms with Crippen LogP contribution in [0.2, 0.25) is 0 Å². The molecule has 1 heterocycles. The molecule has 0 amide bonds. The van der Waals surface area contributed by atoms with Crippen LogP contribution < -0.4 is 10.5 Å². The number of nitrogens with two attached hydrogens (primary N) is 1. The number of ether oxygens (including phenoxy) is 1. The van der Waals surface area contributed by atoms with E-state index in [-0.39, 0.29) is 0 Å². The number of nitrogens with zero attached hydrogens (tertiary/aromatic N) is 1. The zero-order valence-corrected chi connectivity index (χ0v) is 12.5. The summed E-state index contributed by atoms with van der Waals surface area (Å²) in [4.78, 5) is 0. The normalized spacial score (nSPS) is 10.8. The van der Waals surface area contributed by atoms with E-state index >= 15 is 0 Å². The molecule has 0 saturated carbocycles. The van der Waals surface area contributed by atoms with Gasteiger partial charge >= 0.3 is 0 Å². The number of fused-ring (bicyclic) bond motifs is 1. The average molecular weight is 331 g/mol. The number of nitrogen functional groups attached to an aromatic ring is 1. The number of halogens is 1. The first kappa shape index (κ1) is 13.1. The van der Waals surface area contributed by atoms with E-state index in [4.69, 9.17) is 10.5 Å². The Hall–Kier alpha value is -1.94. The van der Waals surface area contributed by atoms with E-state index in [9.17, 15) is 0 Å². The van der Waals surface area contributed by atoms with Crippen molar-refractivity contribution in [1.29, 1.82) is 0 Å². The van der Waals surface area contributed by atoms with E-state index in [1.165, 1.54) is 0 Å². The van der Waals surface area contributed by atoms with Gasteiger partial charge in [0, 0.05) is 21.7 Å². The highest BCUT2D eigenvalue weighted by Crippen LogP contribution is 2.22. The first-order valence-electron chi connectivity index (χ1n) is 6.46. The Morgan fingerprint density at radius 1 is 1.10 bits per heavy atom. The summed E-state index contributed by atoms with van der Waals surface area (Å²) in [5.74, 6) is 0.871. The Kier molecular flexibility index (Phi) is 3.65. The van der Waals surface area contributed by atoms with Crippen LogP contribution in [0.4, 0.5) is 5.69 Å². The average Bonchev–Trinajstić information content (AvgIpc) is 2.84. The molecule has 0 bridgehead atoms. The van der Waals surface area contributed by atoms with Crippen molar-refractivity contribution in [3.05, 3.63) is 59.2 Å². The molecule has 3 aromatic rings. The van der Waals surface area contributed by atoms with Crippen LogP contribution in [-0.4, -0.2) is 11.2 Å². The van der Waals surface area contributed by atoms with E-state index in [0.29, 0.717) is 6.61 Å². The highest BCUT2D eigenvalue weighted by atomic mass is 79.9. The Morgan fingerprint density at radius 3 is 2.80 bits per heavy atom. The molecule has 0 aliphatic heterocycles. The van der Waals surface area contributed by atoms with Gasteiger partial charge in [0.2, 0.25) is 0 Å². The van der Waals surface area contributed by atoms with Gasteiger partial charge in [-0.25, -0.2) is 0 Å². The number of hydrogen-bond acceptors (Lipinski definition) is 2. The van der Waals surface area contributed by atoms with Crippen LogP contribution in [0.5, 0.6) is 5.75 Å². The fourth-order valence-electron chi connectivity index (χ4n) is 2.26. The van der Waals surface area contributed by atoms with Crippen molar-refractivity contribution in [3.8, 4) is 5.75 Å². The third kappa shape index (κ3) is 2.65. The van der Waals surface area contributed by atoms with Crippen molar-refractivity contribution in [2.24, 2.45) is 0 Å². The molecule has 2 aromatic carbocycles. The topological polar surface area (TPSA) is 40.2 Å². The molecular formula is C16H15BrN2O. The van der Waals surface area contributed by atoms with E-state index in [0.717, 1.165) is 33.4 Å². The zero-order valence-electron chi connectivity index (χ0n) is 10.9. The predicted molar refractivity (Wildman–Crippen MR) is 86.0 cm³/mol. The van der Waals surface area contributed by atoms with Crippen molar-refractivity contribution < 1.29 is 4.74 Å². The Morgan fingerprint density at radius 2 is 1.95 bits per heavy atom. The largest absolute Gasteiger partial charge is 0.492 e. The summed E-state index contributed by atoms with van der Waals surface area (Å²) in [6.07, 6.45) is 2.05. The third-order valence-electron chi connectivity index (χ3n) is 3.24. The van der Waals surface area contributed by atoms with Gasteiger partial charge in [-0.15, -0.1) is 0 Å². The molecule has 20 heavy (non-hydrogen) atoms. The molecule has 102 valence electrons. The SMILES string of the molecule is Nc1cccc2c1ccn2CCOc1cccc(Br)c1. The summed E-state index contributed by atoms with van der Waals surface area (Å²) in [5, 5.41) is 1.09. The summed E-state index contributed by atoms with van der Waals surface area (Å²) in [6, 6.07) is 15.9. The molecule has 0 saturated heterocycles. The second kappa shape index (κ2) is 5.59. The van der Waals surface area contributed by atoms with Crippen LogP contribution >= 0.6 is 15.9 Å². The lowest BCUT2D eigenvalue weighted by Gasteiger charge is -2.09. The second-order valence-electron chi connectivity index (χ2n) is 4.60. The van der Waals surface area contributed by atoms with Crippen LogP contribution in [0.25, 0.3) is 10.9 Å². The van der Waals surface area contributed by atoms with Crippen molar-refractivity contribution in [2.45, 2.75) is 6.54 Å². The van der Waals surface area contributed by atoms with Gasteiger partial charge < -0.3 is 15.0 Å². The minimum Gasteiger partial charge on any atom is -0.492 e. The first-order valence-corrected chi connectivity index (χ1v) is 7.25. The van der Waals surface area contributed by atoms with Crippen LogP contribution in [-0.2, 0) is 6.54 Å².